The molecule has 1 saturated carbocycles. The van der Waals surface area contributed by atoms with Crippen molar-refractivity contribution in [1.82, 2.24) is 10.3 Å². The second-order valence-corrected chi connectivity index (χ2v) is 7.97. The predicted molar refractivity (Wildman–Crippen MR) is 107 cm³/mol. The second-order valence-electron chi connectivity index (χ2n) is 7.11. The van der Waals surface area contributed by atoms with Crippen LogP contribution < -0.4 is 20.1 Å². The molecule has 2 aliphatic rings. The Hall–Kier alpha value is -2.61. The molecule has 1 unspecified atom stereocenters. The minimum atomic E-state index is -0.512. The van der Waals surface area contributed by atoms with E-state index in [-0.39, 0.29) is 17.7 Å². The molecule has 2 heterocycles. The lowest BCUT2D eigenvalue weighted by Gasteiger charge is -2.22. The smallest absolute Gasteiger partial charge is 0.249 e. The average molecular weight is 401 g/mol. The molecule has 1 fully saturated rings. The monoisotopic (exact) mass is 401 g/mol. The molecule has 0 saturated heterocycles. The highest BCUT2D eigenvalue weighted by atomic mass is 32.1. The van der Waals surface area contributed by atoms with Crippen molar-refractivity contribution in [2.75, 3.05) is 18.5 Å². The number of benzene rings is 1. The molecule has 2 aromatic rings. The molecule has 0 spiro atoms. The summed E-state index contributed by atoms with van der Waals surface area (Å²) in [5, 5.41) is 8.09. The molecule has 1 aromatic heterocycles. The minimum Gasteiger partial charge on any atom is -0.486 e. The number of aromatic nitrogens is 1. The number of carbonyl (C=O) groups is 2. The van der Waals surface area contributed by atoms with Gasteiger partial charge in [0.25, 0.3) is 0 Å². The van der Waals surface area contributed by atoms with Gasteiger partial charge in [0.05, 0.1) is 5.69 Å². The highest BCUT2D eigenvalue weighted by Crippen LogP contribution is 2.35. The molecule has 1 aliphatic heterocycles. The van der Waals surface area contributed by atoms with E-state index in [9.17, 15) is 9.59 Å². The van der Waals surface area contributed by atoms with E-state index in [1.807, 2.05) is 23.6 Å². The van der Waals surface area contributed by atoms with Crippen LogP contribution in [0.1, 0.15) is 32.6 Å². The highest BCUT2D eigenvalue weighted by Gasteiger charge is 2.31. The summed E-state index contributed by atoms with van der Waals surface area (Å²) in [5.74, 6) is 1.22. The summed E-state index contributed by atoms with van der Waals surface area (Å²) in [7, 11) is 0. The lowest BCUT2D eigenvalue weighted by Crippen LogP contribution is -2.47. The first-order valence-electron chi connectivity index (χ1n) is 9.53. The number of nitrogens with zero attached hydrogens (tertiary/aromatic N) is 1. The van der Waals surface area contributed by atoms with Crippen LogP contribution in [0.2, 0.25) is 0 Å². The lowest BCUT2D eigenvalue weighted by atomic mass is 9.97. The highest BCUT2D eigenvalue weighted by molar-refractivity contribution is 7.14. The van der Waals surface area contributed by atoms with Gasteiger partial charge in [-0.05, 0) is 37.0 Å². The Balaban J connectivity index is 1.47. The van der Waals surface area contributed by atoms with Crippen LogP contribution in [0.15, 0.2) is 23.6 Å². The van der Waals surface area contributed by atoms with Crippen molar-refractivity contribution in [3.8, 4) is 22.8 Å². The summed E-state index contributed by atoms with van der Waals surface area (Å²) in [6.07, 6.45) is 4.11. The fourth-order valence-corrected chi connectivity index (χ4v) is 4.48. The van der Waals surface area contributed by atoms with E-state index in [0.29, 0.717) is 24.1 Å². The maximum absolute atomic E-state index is 12.8. The van der Waals surface area contributed by atoms with Crippen LogP contribution in [0.5, 0.6) is 11.5 Å². The van der Waals surface area contributed by atoms with Crippen LogP contribution in [0.4, 0.5) is 5.13 Å². The van der Waals surface area contributed by atoms with Gasteiger partial charge in [0.1, 0.15) is 19.3 Å². The van der Waals surface area contributed by atoms with Crippen LogP contribution in [0, 0.1) is 5.92 Å². The number of hydrogen-bond donors (Lipinski definition) is 2. The molecule has 2 amide bonds. The van der Waals surface area contributed by atoms with Crippen LogP contribution in [0.3, 0.4) is 0 Å². The zero-order valence-electron chi connectivity index (χ0n) is 15.7. The van der Waals surface area contributed by atoms with Gasteiger partial charge >= 0.3 is 0 Å². The van der Waals surface area contributed by atoms with Crippen molar-refractivity contribution < 1.29 is 19.1 Å². The quantitative estimate of drug-likeness (QED) is 0.803. The third kappa shape index (κ3) is 4.11. The molecule has 1 aliphatic carbocycles. The molecule has 8 heteroatoms. The maximum atomic E-state index is 12.8. The average Bonchev–Trinajstić information content (AvgIpc) is 3.38. The van der Waals surface area contributed by atoms with Gasteiger partial charge in [0.15, 0.2) is 16.6 Å². The normalized spacial score (nSPS) is 17.2. The number of anilines is 1. The van der Waals surface area contributed by atoms with Gasteiger partial charge in [-0.2, -0.15) is 0 Å². The van der Waals surface area contributed by atoms with Gasteiger partial charge in [-0.25, -0.2) is 4.98 Å². The van der Waals surface area contributed by atoms with Crippen LogP contribution in [-0.2, 0) is 9.59 Å². The van der Waals surface area contributed by atoms with Gasteiger partial charge in [0.2, 0.25) is 11.8 Å². The first kappa shape index (κ1) is 18.7. The van der Waals surface area contributed by atoms with E-state index >= 15 is 0 Å². The van der Waals surface area contributed by atoms with E-state index in [1.165, 1.54) is 18.3 Å². The third-order valence-corrected chi connectivity index (χ3v) is 5.84. The Morgan fingerprint density at radius 3 is 2.68 bits per heavy atom. The first-order valence-corrected chi connectivity index (χ1v) is 10.4. The maximum Gasteiger partial charge on any atom is 0.249 e. The number of carbonyl (C=O) groups excluding carboxylic acids is 2. The largest absolute Gasteiger partial charge is 0.486 e. The minimum absolute atomic E-state index is 0.182. The molecule has 7 nitrogen and oxygen atoms in total. The predicted octanol–water partition coefficient (Wildman–Crippen LogP) is 3.21. The fraction of sp³-hybridized carbons (Fsp3) is 0.450. The van der Waals surface area contributed by atoms with Crippen molar-refractivity contribution in [2.24, 2.45) is 5.92 Å². The molecule has 1 aromatic carbocycles. The summed E-state index contributed by atoms with van der Waals surface area (Å²) in [4.78, 5) is 28.9. The fourth-order valence-electron chi connectivity index (χ4n) is 3.76. The Bertz CT molecular complexity index is 876. The number of nitrogens with one attached hydrogen (secondary N) is 2. The molecule has 0 radical (unpaired) electrons. The van der Waals surface area contributed by atoms with Gasteiger partial charge < -0.3 is 20.1 Å². The number of amides is 2. The van der Waals surface area contributed by atoms with E-state index in [4.69, 9.17) is 9.47 Å². The van der Waals surface area contributed by atoms with Crippen molar-refractivity contribution in [1.29, 1.82) is 0 Å². The SMILES string of the molecule is CC(=O)NC(C(=O)Nc1nc(-c2ccc3c(c2)OCCO3)cs1)C1CCCC1. The number of ether oxygens (including phenoxy) is 2. The van der Waals surface area contributed by atoms with Crippen LogP contribution in [0.25, 0.3) is 11.3 Å². The van der Waals surface area contributed by atoms with Gasteiger partial charge in [-0.1, -0.05) is 12.8 Å². The molecule has 1 atom stereocenters. The Morgan fingerprint density at radius 1 is 1.18 bits per heavy atom. The van der Waals surface area contributed by atoms with E-state index in [0.717, 1.165) is 42.7 Å². The van der Waals surface area contributed by atoms with Crippen molar-refractivity contribution in [3.63, 3.8) is 0 Å². The Labute approximate surface area is 167 Å². The standard InChI is InChI=1S/C20H23N3O4S/c1-12(24)21-18(13-4-2-3-5-13)19(25)23-20-22-15(11-28-20)14-6-7-16-17(10-14)27-9-8-26-16/h6-7,10-11,13,18H,2-5,8-9H2,1H3,(H,21,24)(H,22,23,25). The van der Waals surface area contributed by atoms with E-state index < -0.39 is 6.04 Å². The number of thiazole rings is 1. The third-order valence-electron chi connectivity index (χ3n) is 5.08. The summed E-state index contributed by atoms with van der Waals surface area (Å²) >= 11 is 1.36. The first-order chi connectivity index (χ1) is 13.6. The summed E-state index contributed by atoms with van der Waals surface area (Å²) in [6.45, 7) is 2.52. The topological polar surface area (TPSA) is 89.6 Å². The number of fused-ring (bicyclic) bond motifs is 1. The lowest BCUT2D eigenvalue weighted by molar-refractivity contribution is -0.126. The number of hydrogen-bond acceptors (Lipinski definition) is 6. The molecule has 4 rings (SSSR count). The summed E-state index contributed by atoms with van der Waals surface area (Å²) in [5.41, 5.74) is 1.66. The van der Waals surface area contributed by atoms with Crippen LogP contribution in [-0.4, -0.2) is 36.1 Å². The zero-order valence-corrected chi connectivity index (χ0v) is 16.5. The Kier molecular flexibility index (Phi) is 5.47. The van der Waals surface area contributed by atoms with Crippen molar-refractivity contribution >= 4 is 28.3 Å². The molecular weight excluding hydrogens is 378 g/mol. The van der Waals surface area contributed by atoms with Gasteiger partial charge in [-0.3, -0.25) is 9.59 Å². The molecule has 28 heavy (non-hydrogen) atoms. The Morgan fingerprint density at radius 2 is 1.93 bits per heavy atom. The van der Waals surface area contributed by atoms with Crippen molar-refractivity contribution in [2.45, 2.75) is 38.6 Å². The van der Waals surface area contributed by atoms with Crippen molar-refractivity contribution in [3.05, 3.63) is 23.6 Å². The number of rotatable bonds is 5. The molecule has 148 valence electrons. The van der Waals surface area contributed by atoms with E-state index in [2.05, 4.69) is 15.6 Å². The summed E-state index contributed by atoms with van der Waals surface area (Å²) < 4.78 is 11.2. The molecule has 0 bridgehead atoms. The van der Waals surface area contributed by atoms with Crippen LogP contribution >= 0.6 is 11.3 Å². The van der Waals surface area contributed by atoms with Gasteiger partial charge in [-0.15, -0.1) is 11.3 Å². The zero-order chi connectivity index (χ0) is 19.5. The van der Waals surface area contributed by atoms with Gasteiger partial charge in [0, 0.05) is 17.9 Å². The molecule has 2 N–H and O–H groups in total. The summed E-state index contributed by atoms with van der Waals surface area (Å²) in [6, 6.07) is 5.18. The van der Waals surface area contributed by atoms with E-state index in [1.54, 1.807) is 0 Å². The second kappa shape index (κ2) is 8.18. The molecular formula is C20H23N3O4S.